The first-order chi connectivity index (χ1) is 8.18. The van der Waals surface area contributed by atoms with E-state index in [1.54, 1.807) is 26.2 Å². The van der Waals surface area contributed by atoms with E-state index in [-0.39, 0.29) is 5.75 Å². The maximum atomic E-state index is 12.3. The molecule has 1 rings (SSSR count). The number of anilines is 1. The van der Waals surface area contributed by atoms with Crippen LogP contribution < -0.4 is 5.73 Å². The Bertz CT molecular complexity index is 521. The number of hydrogen-bond donors (Lipinski definition) is 1. The van der Waals surface area contributed by atoms with Gasteiger partial charge < -0.3 is 10.5 Å². The lowest BCUT2D eigenvalue weighted by molar-refractivity contribution is 0.0203. The van der Waals surface area contributed by atoms with E-state index in [9.17, 15) is 8.42 Å². The molecule has 0 aromatic heterocycles. The van der Waals surface area contributed by atoms with Gasteiger partial charge in [0.1, 0.15) is 0 Å². The monoisotopic (exact) mass is 271 g/mol. The van der Waals surface area contributed by atoms with Crippen LogP contribution in [0.3, 0.4) is 0 Å². The Morgan fingerprint density at radius 2 is 1.94 bits per heavy atom. The Labute approximate surface area is 109 Å². The average Bonchev–Trinajstić information content (AvgIpc) is 2.30. The number of hydrogen-bond acceptors (Lipinski definition) is 4. The molecule has 0 unspecified atom stereocenters. The van der Waals surface area contributed by atoms with Gasteiger partial charge in [0.25, 0.3) is 0 Å². The van der Waals surface area contributed by atoms with Crippen molar-refractivity contribution in [1.29, 1.82) is 0 Å². The van der Waals surface area contributed by atoms with Gasteiger partial charge in [-0.15, -0.1) is 0 Å². The fourth-order valence-electron chi connectivity index (χ4n) is 1.54. The van der Waals surface area contributed by atoms with Crippen LogP contribution in [0.1, 0.15) is 25.8 Å². The zero-order valence-corrected chi connectivity index (χ0v) is 12.2. The van der Waals surface area contributed by atoms with Gasteiger partial charge in [0.15, 0.2) is 9.84 Å². The quantitative estimate of drug-likeness (QED) is 0.833. The van der Waals surface area contributed by atoms with Crippen LogP contribution in [0.5, 0.6) is 0 Å². The van der Waals surface area contributed by atoms with E-state index in [1.165, 1.54) is 6.07 Å². The van der Waals surface area contributed by atoms with Crippen molar-refractivity contribution in [2.45, 2.75) is 37.7 Å². The molecule has 2 N–H and O–H groups in total. The molecular formula is C13H21NO3S. The molecule has 4 nitrogen and oxygen atoms in total. The molecule has 18 heavy (non-hydrogen) atoms. The summed E-state index contributed by atoms with van der Waals surface area (Å²) in [5.74, 6) is 0.0537. The Hall–Kier alpha value is -1.07. The molecule has 5 heteroatoms. The van der Waals surface area contributed by atoms with E-state index >= 15 is 0 Å². The fourth-order valence-corrected chi connectivity index (χ4v) is 3.40. The summed E-state index contributed by atoms with van der Waals surface area (Å²) in [7, 11) is -1.74. The van der Waals surface area contributed by atoms with Gasteiger partial charge in [0, 0.05) is 12.8 Å². The number of nitrogen functional groups attached to an aromatic ring is 1. The van der Waals surface area contributed by atoms with Crippen LogP contribution in [-0.4, -0.2) is 26.9 Å². The van der Waals surface area contributed by atoms with Crippen molar-refractivity contribution >= 4 is 15.5 Å². The van der Waals surface area contributed by atoms with E-state index in [2.05, 4.69) is 0 Å². The van der Waals surface area contributed by atoms with Crippen LogP contribution in [0, 0.1) is 6.92 Å². The Morgan fingerprint density at radius 1 is 1.33 bits per heavy atom. The first-order valence-corrected chi connectivity index (χ1v) is 7.47. The molecule has 0 aliphatic rings. The van der Waals surface area contributed by atoms with Crippen LogP contribution in [-0.2, 0) is 14.6 Å². The summed E-state index contributed by atoms with van der Waals surface area (Å²) in [5.41, 5.74) is 6.38. The topological polar surface area (TPSA) is 69.4 Å². The predicted molar refractivity (Wildman–Crippen MR) is 73.3 cm³/mol. The summed E-state index contributed by atoms with van der Waals surface area (Å²) in [6.45, 7) is 5.51. The zero-order valence-electron chi connectivity index (χ0n) is 11.4. The van der Waals surface area contributed by atoms with Crippen molar-refractivity contribution < 1.29 is 13.2 Å². The molecule has 0 heterocycles. The third-order valence-electron chi connectivity index (χ3n) is 3.07. The summed E-state index contributed by atoms with van der Waals surface area (Å²) in [5, 5.41) is 0. The SMILES string of the molecule is COC(C)(C)CCS(=O)(=O)c1cc(N)ccc1C. The predicted octanol–water partition coefficient (Wildman–Crippen LogP) is 2.17. The van der Waals surface area contributed by atoms with Gasteiger partial charge in [-0.25, -0.2) is 8.42 Å². The lowest BCUT2D eigenvalue weighted by atomic mass is 10.1. The summed E-state index contributed by atoms with van der Waals surface area (Å²) in [6.07, 6.45) is 0.445. The van der Waals surface area contributed by atoms with Crippen molar-refractivity contribution in [2.24, 2.45) is 0 Å². The zero-order chi connectivity index (χ0) is 14.0. The normalized spacial score (nSPS) is 12.7. The van der Waals surface area contributed by atoms with E-state index in [0.29, 0.717) is 17.0 Å². The third-order valence-corrected chi connectivity index (χ3v) is 4.92. The first-order valence-electron chi connectivity index (χ1n) is 5.82. The number of rotatable bonds is 5. The van der Waals surface area contributed by atoms with Crippen molar-refractivity contribution in [3.63, 3.8) is 0 Å². The van der Waals surface area contributed by atoms with Crippen LogP contribution >= 0.6 is 0 Å². The highest BCUT2D eigenvalue weighted by molar-refractivity contribution is 7.91. The van der Waals surface area contributed by atoms with Crippen LogP contribution in [0.25, 0.3) is 0 Å². The van der Waals surface area contributed by atoms with Crippen LogP contribution in [0.2, 0.25) is 0 Å². The van der Waals surface area contributed by atoms with E-state index in [4.69, 9.17) is 10.5 Å². The number of nitrogens with two attached hydrogens (primary N) is 1. The summed E-state index contributed by atoms with van der Waals surface area (Å²) >= 11 is 0. The minimum absolute atomic E-state index is 0.0537. The molecule has 0 radical (unpaired) electrons. The molecule has 0 aliphatic carbocycles. The average molecular weight is 271 g/mol. The van der Waals surface area contributed by atoms with Crippen molar-refractivity contribution in [3.05, 3.63) is 23.8 Å². The Balaban J connectivity index is 2.97. The van der Waals surface area contributed by atoms with Gasteiger partial charge in [0.2, 0.25) is 0 Å². The second kappa shape index (κ2) is 5.28. The highest BCUT2D eigenvalue weighted by Gasteiger charge is 2.23. The van der Waals surface area contributed by atoms with Crippen molar-refractivity contribution in [2.75, 3.05) is 18.6 Å². The molecule has 1 aromatic carbocycles. The van der Waals surface area contributed by atoms with Gasteiger partial charge >= 0.3 is 0 Å². The standard InChI is InChI=1S/C13H21NO3S/c1-10-5-6-11(14)9-12(10)18(15,16)8-7-13(2,3)17-4/h5-6,9H,7-8,14H2,1-4H3. The molecule has 0 amide bonds. The van der Waals surface area contributed by atoms with E-state index < -0.39 is 15.4 Å². The molecule has 0 bridgehead atoms. The van der Waals surface area contributed by atoms with Crippen LogP contribution in [0.4, 0.5) is 5.69 Å². The second-order valence-corrected chi connectivity index (χ2v) is 7.14. The number of aryl methyl sites for hydroxylation is 1. The molecule has 1 aromatic rings. The smallest absolute Gasteiger partial charge is 0.178 e. The summed E-state index contributed by atoms with van der Waals surface area (Å²) in [6, 6.07) is 4.95. The maximum absolute atomic E-state index is 12.3. The van der Waals surface area contributed by atoms with E-state index in [1.807, 2.05) is 13.8 Å². The Kier molecular flexibility index (Phi) is 4.40. The molecular weight excluding hydrogens is 250 g/mol. The molecule has 0 saturated heterocycles. The highest BCUT2D eigenvalue weighted by Crippen LogP contribution is 2.23. The molecule has 0 atom stereocenters. The number of methoxy groups -OCH3 is 1. The van der Waals surface area contributed by atoms with E-state index in [0.717, 1.165) is 5.56 Å². The van der Waals surface area contributed by atoms with Crippen molar-refractivity contribution in [3.8, 4) is 0 Å². The van der Waals surface area contributed by atoms with Gasteiger partial charge in [0.05, 0.1) is 16.2 Å². The molecule has 0 saturated carbocycles. The molecule has 0 aliphatic heterocycles. The summed E-state index contributed by atoms with van der Waals surface area (Å²) < 4.78 is 29.7. The fraction of sp³-hybridized carbons (Fsp3) is 0.538. The lowest BCUT2D eigenvalue weighted by Gasteiger charge is -2.22. The van der Waals surface area contributed by atoms with Crippen molar-refractivity contribution in [1.82, 2.24) is 0 Å². The lowest BCUT2D eigenvalue weighted by Crippen LogP contribution is -2.26. The third kappa shape index (κ3) is 3.71. The molecule has 0 fully saturated rings. The second-order valence-electron chi connectivity index (χ2n) is 5.06. The highest BCUT2D eigenvalue weighted by atomic mass is 32.2. The Morgan fingerprint density at radius 3 is 2.50 bits per heavy atom. The summed E-state index contributed by atoms with van der Waals surface area (Å²) in [4.78, 5) is 0.314. The minimum atomic E-state index is -3.32. The van der Waals surface area contributed by atoms with Gasteiger partial charge in [-0.3, -0.25) is 0 Å². The first kappa shape index (κ1) is 15.0. The maximum Gasteiger partial charge on any atom is 0.178 e. The number of ether oxygens (including phenoxy) is 1. The number of benzene rings is 1. The van der Waals surface area contributed by atoms with Gasteiger partial charge in [-0.2, -0.15) is 0 Å². The molecule has 102 valence electrons. The molecule has 0 spiro atoms. The minimum Gasteiger partial charge on any atom is -0.399 e. The van der Waals surface area contributed by atoms with Crippen LogP contribution in [0.15, 0.2) is 23.1 Å². The van der Waals surface area contributed by atoms with Gasteiger partial charge in [-0.05, 0) is 44.9 Å². The van der Waals surface area contributed by atoms with Gasteiger partial charge in [-0.1, -0.05) is 6.07 Å². The number of sulfone groups is 1. The largest absolute Gasteiger partial charge is 0.399 e.